The van der Waals surface area contributed by atoms with Crippen molar-refractivity contribution < 1.29 is 4.74 Å². The van der Waals surface area contributed by atoms with Crippen LogP contribution in [0.5, 0.6) is 5.75 Å². The molecule has 0 bridgehead atoms. The molecule has 3 heteroatoms. The number of likely N-dealkylation sites (N-methyl/N-ethyl adjacent to an activating group) is 1. The van der Waals surface area contributed by atoms with E-state index in [9.17, 15) is 0 Å². The lowest BCUT2D eigenvalue weighted by atomic mass is 10.1. The molecule has 0 aliphatic heterocycles. The third kappa shape index (κ3) is 5.21. The van der Waals surface area contributed by atoms with Gasteiger partial charge in [-0.05, 0) is 43.8 Å². The van der Waals surface area contributed by atoms with Crippen LogP contribution >= 0.6 is 0 Å². The van der Waals surface area contributed by atoms with Crippen molar-refractivity contribution in [3.8, 4) is 5.75 Å². The first-order chi connectivity index (χ1) is 9.24. The fraction of sp³-hybridized carbons (Fsp3) is 0.625. The monoisotopic (exact) mass is 264 g/mol. The van der Waals surface area contributed by atoms with E-state index in [2.05, 4.69) is 43.1 Å². The smallest absolute Gasteiger partial charge is 0.118 e. The molecule has 1 N–H and O–H groups in total. The molecule has 0 saturated heterocycles. The highest BCUT2D eigenvalue weighted by molar-refractivity contribution is 5.29. The average Bonchev–Trinajstić information content (AvgIpc) is 2.48. The Hall–Kier alpha value is -1.06. The van der Waals surface area contributed by atoms with Crippen LogP contribution in [0, 0.1) is 0 Å². The van der Waals surface area contributed by atoms with Gasteiger partial charge >= 0.3 is 0 Å². The summed E-state index contributed by atoms with van der Waals surface area (Å²) >= 11 is 0. The van der Waals surface area contributed by atoms with Crippen molar-refractivity contribution in [2.75, 3.05) is 33.3 Å². The van der Waals surface area contributed by atoms with Crippen molar-refractivity contribution in [1.82, 2.24) is 10.2 Å². The summed E-state index contributed by atoms with van der Waals surface area (Å²) in [4.78, 5) is 2.46. The second kappa shape index (κ2) is 8.94. The van der Waals surface area contributed by atoms with Gasteiger partial charge in [0, 0.05) is 12.6 Å². The zero-order valence-electron chi connectivity index (χ0n) is 12.8. The van der Waals surface area contributed by atoms with Gasteiger partial charge in [0.15, 0.2) is 0 Å². The van der Waals surface area contributed by atoms with E-state index in [1.165, 1.54) is 5.56 Å². The molecule has 0 aromatic heterocycles. The van der Waals surface area contributed by atoms with Gasteiger partial charge in [-0.15, -0.1) is 0 Å². The van der Waals surface area contributed by atoms with Crippen LogP contribution in [0.1, 0.15) is 38.8 Å². The molecule has 0 fully saturated rings. The Kier molecular flexibility index (Phi) is 7.53. The predicted octanol–water partition coefficient (Wildman–Crippen LogP) is 3.08. The van der Waals surface area contributed by atoms with Gasteiger partial charge < -0.3 is 15.0 Å². The van der Waals surface area contributed by atoms with Gasteiger partial charge in [-0.2, -0.15) is 0 Å². The van der Waals surface area contributed by atoms with Crippen molar-refractivity contribution in [2.45, 2.75) is 33.2 Å². The molecular formula is C16H28N2O. The highest BCUT2D eigenvalue weighted by Gasteiger charge is 2.13. The number of rotatable bonds is 9. The van der Waals surface area contributed by atoms with Crippen LogP contribution in [0.15, 0.2) is 24.3 Å². The van der Waals surface area contributed by atoms with Crippen LogP contribution < -0.4 is 10.1 Å². The molecule has 1 aromatic carbocycles. The number of nitrogens with zero attached hydrogens (tertiary/aromatic N) is 1. The summed E-state index contributed by atoms with van der Waals surface area (Å²) in [6, 6.07) is 8.80. The lowest BCUT2D eigenvalue weighted by Gasteiger charge is -2.26. The molecule has 0 amide bonds. The third-order valence-electron chi connectivity index (χ3n) is 3.49. The maximum atomic E-state index is 5.22. The molecule has 19 heavy (non-hydrogen) atoms. The van der Waals surface area contributed by atoms with Crippen molar-refractivity contribution in [3.63, 3.8) is 0 Å². The second-order valence-electron chi connectivity index (χ2n) is 4.77. The van der Waals surface area contributed by atoms with Crippen molar-refractivity contribution in [1.29, 1.82) is 0 Å². The Morgan fingerprint density at radius 1 is 1.11 bits per heavy atom. The number of ether oxygens (including phenoxy) is 1. The molecule has 1 aromatic rings. The Bertz CT molecular complexity index is 333. The average molecular weight is 264 g/mol. The van der Waals surface area contributed by atoms with Gasteiger partial charge in [0.1, 0.15) is 5.75 Å². The minimum absolute atomic E-state index is 0.394. The minimum Gasteiger partial charge on any atom is -0.497 e. The molecule has 0 aliphatic rings. The van der Waals surface area contributed by atoms with Crippen molar-refractivity contribution in [3.05, 3.63) is 29.8 Å². The standard InChI is InChI=1S/C16H28N2O/c1-5-12-17-16(13-18(6-2)7-3)14-8-10-15(19-4)11-9-14/h8-11,16-17H,5-7,12-13H2,1-4H3. The van der Waals surface area contributed by atoms with E-state index in [1.807, 2.05) is 12.1 Å². The highest BCUT2D eigenvalue weighted by Crippen LogP contribution is 2.18. The topological polar surface area (TPSA) is 24.5 Å². The molecular weight excluding hydrogens is 236 g/mol. The van der Waals surface area contributed by atoms with Crippen molar-refractivity contribution >= 4 is 0 Å². The van der Waals surface area contributed by atoms with Gasteiger partial charge in [-0.3, -0.25) is 0 Å². The Labute approximate surface area is 118 Å². The van der Waals surface area contributed by atoms with E-state index < -0.39 is 0 Å². The fourth-order valence-corrected chi connectivity index (χ4v) is 2.18. The summed E-state index contributed by atoms with van der Waals surface area (Å²) in [5.74, 6) is 0.917. The van der Waals surface area contributed by atoms with E-state index in [1.54, 1.807) is 7.11 Å². The minimum atomic E-state index is 0.394. The summed E-state index contributed by atoms with van der Waals surface area (Å²) in [6.45, 7) is 10.9. The quantitative estimate of drug-likeness (QED) is 0.742. The first-order valence-electron chi connectivity index (χ1n) is 7.34. The molecule has 0 aliphatic carbocycles. The van der Waals surface area contributed by atoms with E-state index in [0.717, 1.165) is 38.3 Å². The molecule has 108 valence electrons. The number of benzene rings is 1. The Balaban J connectivity index is 2.75. The number of nitrogens with one attached hydrogen (secondary N) is 1. The molecule has 0 spiro atoms. The number of hydrogen-bond acceptors (Lipinski definition) is 3. The molecule has 0 saturated carbocycles. The molecule has 1 unspecified atom stereocenters. The predicted molar refractivity (Wildman–Crippen MR) is 81.8 cm³/mol. The Morgan fingerprint density at radius 3 is 2.21 bits per heavy atom. The van der Waals surface area contributed by atoms with Crippen LogP contribution in [0.2, 0.25) is 0 Å². The lowest BCUT2D eigenvalue weighted by Crippen LogP contribution is -2.35. The molecule has 0 heterocycles. The van der Waals surface area contributed by atoms with Gasteiger partial charge in [-0.25, -0.2) is 0 Å². The maximum Gasteiger partial charge on any atom is 0.118 e. The summed E-state index contributed by atoms with van der Waals surface area (Å²) in [5, 5.41) is 3.64. The van der Waals surface area contributed by atoms with Crippen molar-refractivity contribution in [2.24, 2.45) is 0 Å². The van der Waals surface area contributed by atoms with Gasteiger partial charge in [0.2, 0.25) is 0 Å². The lowest BCUT2D eigenvalue weighted by molar-refractivity contribution is 0.265. The zero-order valence-corrected chi connectivity index (χ0v) is 12.8. The number of hydrogen-bond donors (Lipinski definition) is 1. The zero-order chi connectivity index (χ0) is 14.1. The van der Waals surface area contributed by atoms with Gasteiger partial charge in [-0.1, -0.05) is 32.9 Å². The van der Waals surface area contributed by atoms with E-state index in [0.29, 0.717) is 6.04 Å². The largest absolute Gasteiger partial charge is 0.497 e. The first kappa shape index (κ1) is 16.0. The van der Waals surface area contributed by atoms with Crippen LogP contribution in [0.4, 0.5) is 0 Å². The van der Waals surface area contributed by atoms with Crippen LogP contribution in [-0.2, 0) is 0 Å². The summed E-state index contributed by atoms with van der Waals surface area (Å²) in [6.07, 6.45) is 1.16. The SMILES string of the molecule is CCCNC(CN(CC)CC)c1ccc(OC)cc1. The van der Waals surface area contributed by atoms with Crippen LogP contribution in [0.3, 0.4) is 0 Å². The molecule has 3 nitrogen and oxygen atoms in total. The third-order valence-corrected chi connectivity index (χ3v) is 3.49. The summed E-state index contributed by atoms with van der Waals surface area (Å²) in [7, 11) is 1.71. The Morgan fingerprint density at radius 2 is 1.74 bits per heavy atom. The van der Waals surface area contributed by atoms with Crippen LogP contribution in [-0.4, -0.2) is 38.2 Å². The molecule has 1 atom stereocenters. The summed E-state index contributed by atoms with van der Waals surface area (Å²) < 4.78 is 5.22. The highest BCUT2D eigenvalue weighted by atomic mass is 16.5. The summed E-state index contributed by atoms with van der Waals surface area (Å²) in [5.41, 5.74) is 1.33. The molecule has 1 rings (SSSR count). The normalized spacial score (nSPS) is 12.7. The maximum absolute atomic E-state index is 5.22. The molecule has 0 radical (unpaired) electrons. The fourth-order valence-electron chi connectivity index (χ4n) is 2.18. The van der Waals surface area contributed by atoms with E-state index in [4.69, 9.17) is 4.74 Å². The first-order valence-corrected chi connectivity index (χ1v) is 7.34. The van der Waals surface area contributed by atoms with E-state index in [-0.39, 0.29) is 0 Å². The van der Waals surface area contributed by atoms with Gasteiger partial charge in [0.25, 0.3) is 0 Å². The van der Waals surface area contributed by atoms with Crippen LogP contribution in [0.25, 0.3) is 0 Å². The number of methoxy groups -OCH3 is 1. The van der Waals surface area contributed by atoms with Gasteiger partial charge in [0.05, 0.1) is 7.11 Å². The van der Waals surface area contributed by atoms with E-state index >= 15 is 0 Å². The second-order valence-corrected chi connectivity index (χ2v) is 4.77.